The van der Waals surface area contributed by atoms with Crippen molar-refractivity contribution in [2.75, 3.05) is 13.1 Å². The van der Waals surface area contributed by atoms with Gasteiger partial charge in [0.15, 0.2) is 0 Å². The Kier molecular flexibility index (Phi) is 7.79. The predicted octanol–water partition coefficient (Wildman–Crippen LogP) is 2.82. The number of hydrogen-bond acceptors (Lipinski definition) is 4. The molecule has 0 spiro atoms. The van der Waals surface area contributed by atoms with Crippen LogP contribution in [0.4, 0.5) is 0 Å². The van der Waals surface area contributed by atoms with Crippen LogP contribution >= 0.6 is 24.8 Å². The molecule has 0 aromatic carbocycles. The average molecular weight is 375 g/mol. The summed E-state index contributed by atoms with van der Waals surface area (Å²) >= 11 is 0. The number of aryl methyl sites for hydroxylation is 1. The fourth-order valence-electron chi connectivity index (χ4n) is 3.10. The minimum Gasteiger partial charge on any atom is -0.467 e. The standard InChI is InChI=1S/C16H22N4O2.2ClH/c1-2-15-18-5-7-20(15)13-4-3-6-19(10-13)16(21)12-8-14(9-17)22-11-12;;/h5,7-8,11,13H,2-4,6,9-10,17H2,1H3;2*1H. The van der Waals surface area contributed by atoms with E-state index in [1.165, 1.54) is 6.26 Å². The molecular weight excluding hydrogens is 351 g/mol. The van der Waals surface area contributed by atoms with Crippen molar-refractivity contribution in [3.63, 3.8) is 0 Å². The van der Waals surface area contributed by atoms with Gasteiger partial charge in [-0.1, -0.05) is 6.92 Å². The maximum absolute atomic E-state index is 12.6. The van der Waals surface area contributed by atoms with Crippen LogP contribution in [0.15, 0.2) is 29.1 Å². The van der Waals surface area contributed by atoms with Crippen LogP contribution in [0.1, 0.15) is 47.7 Å². The van der Waals surface area contributed by atoms with Crippen LogP contribution in [0, 0.1) is 0 Å². The van der Waals surface area contributed by atoms with Crippen molar-refractivity contribution in [2.45, 2.75) is 38.8 Å². The summed E-state index contributed by atoms with van der Waals surface area (Å²) in [5.41, 5.74) is 6.12. The van der Waals surface area contributed by atoms with Crippen LogP contribution in [0.2, 0.25) is 0 Å². The average Bonchev–Trinajstić information content (AvgIpc) is 3.23. The monoisotopic (exact) mass is 374 g/mol. The second-order valence-corrected chi connectivity index (χ2v) is 5.66. The quantitative estimate of drug-likeness (QED) is 0.892. The second kappa shape index (κ2) is 9.11. The molecule has 0 radical (unpaired) electrons. The fourth-order valence-corrected chi connectivity index (χ4v) is 3.10. The van der Waals surface area contributed by atoms with E-state index in [0.717, 1.165) is 31.6 Å². The molecule has 8 heteroatoms. The molecule has 3 rings (SSSR count). The van der Waals surface area contributed by atoms with Gasteiger partial charge in [0.25, 0.3) is 5.91 Å². The molecule has 1 atom stereocenters. The Balaban J connectivity index is 0.00000144. The van der Waals surface area contributed by atoms with E-state index >= 15 is 0 Å². The Morgan fingerprint density at radius 1 is 1.46 bits per heavy atom. The van der Waals surface area contributed by atoms with Crippen molar-refractivity contribution < 1.29 is 9.21 Å². The maximum Gasteiger partial charge on any atom is 0.257 e. The summed E-state index contributed by atoms with van der Waals surface area (Å²) in [6.45, 7) is 3.91. The van der Waals surface area contributed by atoms with Gasteiger partial charge in [-0.05, 0) is 18.9 Å². The molecule has 1 aliphatic heterocycles. The normalized spacial score (nSPS) is 17.1. The first-order valence-corrected chi connectivity index (χ1v) is 7.81. The number of aromatic nitrogens is 2. The van der Waals surface area contributed by atoms with Gasteiger partial charge < -0.3 is 19.6 Å². The Bertz CT molecular complexity index is 656. The van der Waals surface area contributed by atoms with E-state index < -0.39 is 0 Å². The number of halogens is 2. The van der Waals surface area contributed by atoms with Crippen LogP contribution in [0.3, 0.4) is 0 Å². The Morgan fingerprint density at radius 3 is 2.92 bits per heavy atom. The predicted molar refractivity (Wildman–Crippen MR) is 96.9 cm³/mol. The van der Waals surface area contributed by atoms with Crippen LogP contribution in [-0.2, 0) is 13.0 Å². The molecule has 0 saturated carbocycles. The van der Waals surface area contributed by atoms with Gasteiger partial charge in [-0.3, -0.25) is 4.79 Å². The molecular formula is C16H24Cl2N4O2. The number of imidazole rings is 1. The Hall–Kier alpha value is -1.50. The van der Waals surface area contributed by atoms with Crippen LogP contribution < -0.4 is 5.73 Å². The minimum atomic E-state index is 0. The van der Waals surface area contributed by atoms with E-state index in [4.69, 9.17) is 10.2 Å². The van der Waals surface area contributed by atoms with E-state index in [0.29, 0.717) is 30.5 Å². The summed E-state index contributed by atoms with van der Waals surface area (Å²) in [4.78, 5) is 18.9. The molecule has 0 bridgehead atoms. The lowest BCUT2D eigenvalue weighted by atomic mass is 10.0. The minimum absolute atomic E-state index is 0. The van der Waals surface area contributed by atoms with Gasteiger partial charge in [-0.25, -0.2) is 4.98 Å². The van der Waals surface area contributed by atoms with E-state index in [2.05, 4.69) is 16.5 Å². The first kappa shape index (κ1) is 20.5. The smallest absolute Gasteiger partial charge is 0.257 e. The van der Waals surface area contributed by atoms with E-state index in [9.17, 15) is 4.79 Å². The second-order valence-electron chi connectivity index (χ2n) is 5.66. The van der Waals surface area contributed by atoms with Gasteiger partial charge in [0.2, 0.25) is 0 Å². The van der Waals surface area contributed by atoms with Gasteiger partial charge in [0.1, 0.15) is 17.8 Å². The first-order valence-electron chi connectivity index (χ1n) is 7.81. The molecule has 2 aromatic rings. The van der Waals surface area contributed by atoms with Crippen molar-refractivity contribution in [2.24, 2.45) is 5.73 Å². The zero-order valence-corrected chi connectivity index (χ0v) is 15.3. The summed E-state index contributed by atoms with van der Waals surface area (Å²) < 4.78 is 7.48. The summed E-state index contributed by atoms with van der Waals surface area (Å²) in [6.07, 6.45) is 8.33. The van der Waals surface area contributed by atoms with E-state index in [1.807, 2.05) is 17.3 Å². The number of hydrogen-bond donors (Lipinski definition) is 1. The summed E-state index contributed by atoms with van der Waals surface area (Å²) in [7, 11) is 0. The highest BCUT2D eigenvalue weighted by molar-refractivity contribution is 5.94. The molecule has 1 fully saturated rings. The van der Waals surface area contributed by atoms with Crippen LogP contribution in [-0.4, -0.2) is 33.4 Å². The van der Waals surface area contributed by atoms with Crippen molar-refractivity contribution in [3.05, 3.63) is 41.9 Å². The number of carbonyl (C=O) groups excluding carboxylic acids is 1. The summed E-state index contributed by atoms with van der Waals surface area (Å²) in [5.74, 6) is 1.74. The highest BCUT2D eigenvalue weighted by atomic mass is 35.5. The fraction of sp³-hybridized carbons (Fsp3) is 0.500. The lowest BCUT2D eigenvalue weighted by Crippen LogP contribution is -2.40. The van der Waals surface area contributed by atoms with Gasteiger partial charge in [-0.15, -0.1) is 24.8 Å². The zero-order valence-electron chi connectivity index (χ0n) is 13.7. The lowest BCUT2D eigenvalue weighted by Gasteiger charge is -2.33. The van der Waals surface area contributed by atoms with Crippen molar-refractivity contribution in [3.8, 4) is 0 Å². The third-order valence-electron chi connectivity index (χ3n) is 4.24. The number of likely N-dealkylation sites (tertiary alicyclic amines) is 1. The molecule has 1 amide bonds. The molecule has 2 aromatic heterocycles. The highest BCUT2D eigenvalue weighted by Crippen LogP contribution is 2.24. The number of nitrogens with two attached hydrogens (primary N) is 1. The van der Waals surface area contributed by atoms with E-state index in [-0.39, 0.29) is 30.7 Å². The molecule has 0 aliphatic carbocycles. The number of furan rings is 1. The Labute approximate surface area is 154 Å². The zero-order chi connectivity index (χ0) is 15.5. The summed E-state index contributed by atoms with van der Waals surface area (Å²) in [5, 5.41) is 0. The van der Waals surface area contributed by atoms with Gasteiger partial charge in [0, 0.05) is 31.9 Å². The van der Waals surface area contributed by atoms with Crippen LogP contribution in [0.5, 0.6) is 0 Å². The molecule has 1 unspecified atom stereocenters. The number of carbonyl (C=O) groups is 1. The summed E-state index contributed by atoms with van der Waals surface area (Å²) in [6, 6.07) is 2.04. The third kappa shape index (κ3) is 4.12. The molecule has 1 saturated heterocycles. The van der Waals surface area contributed by atoms with Crippen LogP contribution in [0.25, 0.3) is 0 Å². The lowest BCUT2D eigenvalue weighted by molar-refractivity contribution is 0.0677. The number of rotatable bonds is 4. The van der Waals surface area contributed by atoms with Gasteiger partial charge >= 0.3 is 0 Å². The molecule has 134 valence electrons. The molecule has 1 aliphatic rings. The molecule has 2 N–H and O–H groups in total. The van der Waals surface area contributed by atoms with Crippen molar-refractivity contribution in [1.82, 2.24) is 14.5 Å². The molecule has 24 heavy (non-hydrogen) atoms. The molecule has 6 nitrogen and oxygen atoms in total. The topological polar surface area (TPSA) is 77.3 Å². The van der Waals surface area contributed by atoms with E-state index in [1.54, 1.807) is 6.07 Å². The maximum atomic E-state index is 12.6. The van der Waals surface area contributed by atoms with Crippen molar-refractivity contribution in [1.29, 1.82) is 0 Å². The third-order valence-corrected chi connectivity index (χ3v) is 4.24. The largest absolute Gasteiger partial charge is 0.467 e. The molecule has 3 heterocycles. The van der Waals surface area contributed by atoms with Gasteiger partial charge in [0.05, 0.1) is 18.2 Å². The Morgan fingerprint density at radius 2 is 2.25 bits per heavy atom. The SMILES string of the molecule is CCc1nccn1C1CCCN(C(=O)c2coc(CN)c2)C1.Cl.Cl. The number of piperidine rings is 1. The first-order chi connectivity index (χ1) is 10.7. The highest BCUT2D eigenvalue weighted by Gasteiger charge is 2.27. The number of nitrogens with zero attached hydrogens (tertiary/aromatic N) is 3. The van der Waals surface area contributed by atoms with Crippen molar-refractivity contribution >= 4 is 30.7 Å². The van der Waals surface area contributed by atoms with Gasteiger partial charge in [-0.2, -0.15) is 0 Å². The number of amides is 1.